The molecule has 204 valence electrons. The molecule has 9 nitrogen and oxygen atoms in total. The molecule has 2 heterocycles. The van der Waals surface area contributed by atoms with Crippen LogP contribution in [0, 0.1) is 10.8 Å². The van der Waals surface area contributed by atoms with Crippen molar-refractivity contribution in [3.63, 3.8) is 0 Å². The number of nitrogens with two attached hydrogens (primary N) is 2. The van der Waals surface area contributed by atoms with E-state index in [0.29, 0.717) is 43.8 Å². The van der Waals surface area contributed by atoms with Crippen LogP contribution in [0.1, 0.15) is 39.5 Å². The number of hydrogen-bond donors (Lipinski definition) is 2. The van der Waals surface area contributed by atoms with Gasteiger partial charge in [-0.05, 0) is 44.6 Å². The van der Waals surface area contributed by atoms with Crippen molar-refractivity contribution in [3.05, 3.63) is 0 Å². The average molecular weight is 565 g/mol. The van der Waals surface area contributed by atoms with Crippen molar-refractivity contribution >= 4 is 79.8 Å². The molecule has 2 saturated heterocycles. The number of ether oxygens (including phenoxy) is 2. The van der Waals surface area contributed by atoms with Gasteiger partial charge in [0.15, 0.2) is 0 Å². The number of carbonyl (C=O) groups excluding carboxylic acids is 1. The zero-order valence-electron chi connectivity index (χ0n) is 22.9. The zero-order chi connectivity index (χ0) is 22.9. The van der Waals surface area contributed by atoms with E-state index in [9.17, 15) is 4.79 Å². The second-order valence-corrected chi connectivity index (χ2v) is 9.03. The first-order valence-electron chi connectivity index (χ1n) is 11.6. The Hall–Kier alpha value is 1.42. The molecule has 13 heteroatoms. The molecule has 2 atom stereocenters. The van der Waals surface area contributed by atoms with Gasteiger partial charge in [-0.25, -0.2) is 9.78 Å². The van der Waals surface area contributed by atoms with Gasteiger partial charge < -0.3 is 30.7 Å². The molecule has 0 unspecified atom stereocenters. The fourth-order valence-corrected chi connectivity index (χ4v) is 4.34. The summed E-state index contributed by atoms with van der Waals surface area (Å²) < 4.78 is 9.42. The van der Waals surface area contributed by atoms with Crippen LogP contribution in [0.3, 0.4) is 0 Å². The third-order valence-corrected chi connectivity index (χ3v) is 6.95. The molecule has 2 aliphatic heterocycles. The summed E-state index contributed by atoms with van der Waals surface area (Å²) in [6.45, 7) is 11.4. The molecular weight excluding hydrogens is 514 g/mol. The number of rotatable bonds is 9. The van der Waals surface area contributed by atoms with Gasteiger partial charge in [0.05, 0.1) is 18.6 Å². The smallest absolute Gasteiger partial charge is 0.230 e. The second-order valence-electron chi connectivity index (χ2n) is 9.03. The van der Waals surface area contributed by atoms with Crippen molar-refractivity contribution in [3.8, 4) is 0 Å². The van der Waals surface area contributed by atoms with E-state index in [2.05, 4.69) is 21.6 Å². The molecule has 0 bridgehead atoms. The number of likely N-dealkylation sites (N-methyl/N-ethyl adjacent to an activating group) is 2. The molecule has 4 fully saturated rings. The van der Waals surface area contributed by atoms with Gasteiger partial charge in [-0.3, -0.25) is 4.79 Å². The SMILES string of the molecule is CCN1C[C@@H](N)C2(CC2)C1.CCN1C[C@@H](N)C2(CC2)C1=O.COCCOOCCOC.S.S.[AlH2].[Na]. The van der Waals surface area contributed by atoms with E-state index in [1.807, 2.05) is 11.8 Å². The molecule has 2 spiro atoms. The Morgan fingerprint density at radius 3 is 1.63 bits per heavy atom. The van der Waals surface area contributed by atoms with E-state index in [1.54, 1.807) is 14.2 Å². The van der Waals surface area contributed by atoms with Gasteiger partial charge in [-0.1, -0.05) is 6.92 Å². The maximum Gasteiger partial charge on any atom is 0.230 e. The Morgan fingerprint density at radius 2 is 1.37 bits per heavy atom. The van der Waals surface area contributed by atoms with E-state index in [0.717, 1.165) is 32.5 Å². The van der Waals surface area contributed by atoms with Crippen LogP contribution in [0.4, 0.5) is 0 Å². The first-order chi connectivity index (χ1) is 14.9. The van der Waals surface area contributed by atoms with Crippen LogP contribution in [0.25, 0.3) is 0 Å². The Balaban J connectivity index is -0.000000416. The summed E-state index contributed by atoms with van der Waals surface area (Å²) in [5, 5.41) is 0. The van der Waals surface area contributed by atoms with Crippen LogP contribution in [0.5, 0.6) is 0 Å². The minimum Gasteiger partial charge on any atom is -0.382 e. The summed E-state index contributed by atoms with van der Waals surface area (Å²) in [7, 11) is 3.22. The molecule has 0 aromatic carbocycles. The summed E-state index contributed by atoms with van der Waals surface area (Å²) in [6, 6.07) is 0.586. The normalized spacial score (nSPS) is 24.1. The number of carbonyl (C=O) groups is 1. The zero-order valence-corrected chi connectivity index (χ0v) is 28.9. The fraction of sp³-hybridized carbons (Fsp3) is 0.955. The van der Waals surface area contributed by atoms with Crippen LogP contribution >= 0.6 is 27.0 Å². The van der Waals surface area contributed by atoms with E-state index in [1.165, 1.54) is 25.9 Å². The van der Waals surface area contributed by atoms with Gasteiger partial charge in [0, 0.05) is 82.0 Å². The molecule has 0 aromatic heterocycles. The van der Waals surface area contributed by atoms with Crippen molar-refractivity contribution in [2.45, 2.75) is 51.6 Å². The Labute approximate surface area is 259 Å². The minimum absolute atomic E-state index is 0. The molecule has 2 radical (unpaired) electrons. The Bertz CT molecular complexity index is 558. The third-order valence-electron chi connectivity index (χ3n) is 6.95. The van der Waals surface area contributed by atoms with Crippen LogP contribution in [0.2, 0.25) is 0 Å². The summed E-state index contributed by atoms with van der Waals surface area (Å²) in [5.74, 6) is 0.299. The number of hydrogen-bond acceptors (Lipinski definition) is 8. The Kier molecular flexibility index (Phi) is 23.8. The molecule has 35 heavy (non-hydrogen) atoms. The van der Waals surface area contributed by atoms with Gasteiger partial charge in [0.2, 0.25) is 5.91 Å². The predicted octanol–water partition coefficient (Wildman–Crippen LogP) is -0.459. The van der Waals surface area contributed by atoms with Gasteiger partial charge >= 0.3 is 0 Å². The van der Waals surface area contributed by atoms with Crippen LogP contribution in [-0.2, 0) is 24.0 Å². The van der Waals surface area contributed by atoms with E-state index in [-0.39, 0.29) is 85.4 Å². The Morgan fingerprint density at radius 1 is 0.857 bits per heavy atom. The van der Waals surface area contributed by atoms with Crippen molar-refractivity contribution in [2.24, 2.45) is 22.3 Å². The summed E-state index contributed by atoms with van der Waals surface area (Å²) >= 11 is 0. The van der Waals surface area contributed by atoms with Crippen LogP contribution in [0.15, 0.2) is 0 Å². The minimum atomic E-state index is -0.101. The average Bonchev–Trinajstić information content (AvgIpc) is 3.67. The number of likely N-dealkylation sites (tertiary alicyclic amines) is 2. The molecule has 1 amide bonds. The quantitative estimate of drug-likeness (QED) is 0.168. The van der Waals surface area contributed by atoms with Gasteiger partial charge in [0.25, 0.3) is 0 Å². The van der Waals surface area contributed by atoms with Crippen molar-refractivity contribution in [2.75, 3.05) is 73.4 Å². The molecule has 0 aromatic rings. The number of nitrogens with zero attached hydrogens (tertiary/aromatic N) is 2. The maximum absolute atomic E-state index is 11.6. The van der Waals surface area contributed by atoms with Crippen molar-refractivity contribution in [1.29, 1.82) is 0 Å². The van der Waals surface area contributed by atoms with Crippen molar-refractivity contribution in [1.82, 2.24) is 9.80 Å². The number of amides is 1. The van der Waals surface area contributed by atoms with E-state index < -0.39 is 0 Å². The molecular formula is C22H50AlN4NaO5S2. The van der Waals surface area contributed by atoms with Gasteiger partial charge in [0.1, 0.15) is 30.6 Å². The molecule has 2 saturated carbocycles. The van der Waals surface area contributed by atoms with Gasteiger partial charge in [-0.2, -0.15) is 27.0 Å². The first-order valence-corrected chi connectivity index (χ1v) is 11.6. The third kappa shape index (κ3) is 12.0. The first kappa shape index (κ1) is 40.9. The summed E-state index contributed by atoms with van der Waals surface area (Å²) in [6.07, 6.45) is 4.79. The molecule has 4 N–H and O–H groups in total. The van der Waals surface area contributed by atoms with Crippen LogP contribution < -0.4 is 11.5 Å². The topological polar surface area (TPSA) is 113 Å². The van der Waals surface area contributed by atoms with E-state index in [4.69, 9.17) is 20.9 Å². The molecule has 4 aliphatic rings. The standard InChI is InChI=1S/C8H14N2O.C8H16N2.C6H14O4.Al.Na.2H2S.2H/c1-2-10-5-6(9)8(3-4-8)7(10)11;1-2-10-5-7(9)8(6-10)3-4-8;1-7-3-5-9-10-6-4-8-2;;;;;;/h6H,2-5,9H2,1H3;7H,2-6,9H2,1H3;3-6H2,1-2H3;;;2*1H2;;/t6-;7-;;;;;;;/m11......./s1. The predicted molar refractivity (Wildman–Crippen MR) is 154 cm³/mol. The fourth-order valence-electron chi connectivity index (χ4n) is 4.34. The summed E-state index contributed by atoms with van der Waals surface area (Å²) in [5.41, 5.74) is 12.3. The van der Waals surface area contributed by atoms with Crippen LogP contribution in [-0.4, -0.2) is 148 Å². The second kappa shape index (κ2) is 20.3. The molecule has 2 aliphatic carbocycles. The number of methoxy groups -OCH3 is 2. The van der Waals surface area contributed by atoms with E-state index >= 15 is 0 Å². The largest absolute Gasteiger partial charge is 0.382 e. The molecule has 4 rings (SSSR count). The summed E-state index contributed by atoms with van der Waals surface area (Å²) in [4.78, 5) is 25.3. The maximum atomic E-state index is 11.6. The monoisotopic (exact) mass is 564 g/mol. The van der Waals surface area contributed by atoms with Crippen molar-refractivity contribution < 1.29 is 24.0 Å². The van der Waals surface area contributed by atoms with Gasteiger partial charge in [-0.15, -0.1) is 0 Å².